The van der Waals surface area contributed by atoms with Crippen molar-refractivity contribution in [1.29, 1.82) is 0 Å². The Morgan fingerprint density at radius 1 is 1.47 bits per heavy atom. The highest BCUT2D eigenvalue weighted by atomic mass is 15.3. The van der Waals surface area contributed by atoms with E-state index >= 15 is 0 Å². The Morgan fingerprint density at radius 3 is 2.73 bits per heavy atom. The van der Waals surface area contributed by atoms with E-state index in [0.717, 1.165) is 12.6 Å². The molecule has 88 valence electrons. The van der Waals surface area contributed by atoms with E-state index in [4.69, 9.17) is 5.73 Å². The Kier molecular flexibility index (Phi) is 3.33. The van der Waals surface area contributed by atoms with Crippen LogP contribution >= 0.6 is 0 Å². The van der Waals surface area contributed by atoms with Crippen LogP contribution in [0.15, 0.2) is 0 Å². The maximum Gasteiger partial charge on any atom is 0.0467 e. The lowest BCUT2D eigenvalue weighted by atomic mass is 9.96. The van der Waals surface area contributed by atoms with Crippen LogP contribution in [0.1, 0.15) is 32.6 Å². The molecular formula is C12H25N3. The summed E-state index contributed by atoms with van der Waals surface area (Å²) in [4.78, 5) is 5.15. The molecule has 0 aromatic carbocycles. The topological polar surface area (TPSA) is 32.5 Å². The molecule has 0 radical (unpaired) electrons. The summed E-state index contributed by atoms with van der Waals surface area (Å²) < 4.78 is 0. The fourth-order valence-corrected chi connectivity index (χ4v) is 2.85. The molecule has 1 unspecified atom stereocenters. The summed E-state index contributed by atoms with van der Waals surface area (Å²) in [6.45, 7) is 6.69. The Hall–Kier alpha value is -0.120. The van der Waals surface area contributed by atoms with Gasteiger partial charge in [0.1, 0.15) is 0 Å². The van der Waals surface area contributed by atoms with Gasteiger partial charge in [-0.3, -0.25) is 9.80 Å². The number of hydrogen-bond acceptors (Lipinski definition) is 3. The Morgan fingerprint density at radius 2 is 2.20 bits per heavy atom. The number of likely N-dealkylation sites (N-methyl/N-ethyl adjacent to an activating group) is 1. The third-order valence-electron chi connectivity index (χ3n) is 4.17. The molecule has 0 bridgehead atoms. The highest BCUT2D eigenvalue weighted by Gasteiger charge is 2.44. The van der Waals surface area contributed by atoms with E-state index in [9.17, 15) is 0 Å². The van der Waals surface area contributed by atoms with Crippen molar-refractivity contribution in [3.05, 3.63) is 0 Å². The van der Waals surface area contributed by atoms with E-state index in [1.165, 1.54) is 45.3 Å². The highest BCUT2D eigenvalue weighted by Crippen LogP contribution is 2.35. The average molecular weight is 211 g/mol. The van der Waals surface area contributed by atoms with Crippen molar-refractivity contribution in [2.24, 2.45) is 5.73 Å². The Labute approximate surface area is 93.6 Å². The molecule has 3 heteroatoms. The van der Waals surface area contributed by atoms with Gasteiger partial charge in [0.25, 0.3) is 0 Å². The Bertz CT molecular complexity index is 215. The molecular weight excluding hydrogens is 186 g/mol. The van der Waals surface area contributed by atoms with Crippen molar-refractivity contribution < 1.29 is 0 Å². The van der Waals surface area contributed by atoms with Crippen LogP contribution in [-0.2, 0) is 0 Å². The first-order chi connectivity index (χ1) is 7.22. The SMILES string of the molecule is CCCN(C)C1(CN)CCN(C2CC2)C1. The number of nitrogens with two attached hydrogens (primary N) is 1. The van der Waals surface area contributed by atoms with Gasteiger partial charge in [0, 0.05) is 31.2 Å². The summed E-state index contributed by atoms with van der Waals surface area (Å²) in [5.74, 6) is 0. The lowest BCUT2D eigenvalue weighted by molar-refractivity contribution is 0.128. The van der Waals surface area contributed by atoms with Gasteiger partial charge >= 0.3 is 0 Å². The van der Waals surface area contributed by atoms with Crippen LogP contribution in [0.4, 0.5) is 0 Å². The molecule has 1 heterocycles. The number of likely N-dealkylation sites (tertiary alicyclic amines) is 1. The van der Waals surface area contributed by atoms with Crippen molar-refractivity contribution in [1.82, 2.24) is 9.80 Å². The maximum atomic E-state index is 6.01. The fraction of sp³-hybridized carbons (Fsp3) is 1.00. The molecule has 1 saturated heterocycles. The summed E-state index contributed by atoms with van der Waals surface area (Å²) in [7, 11) is 2.24. The van der Waals surface area contributed by atoms with Gasteiger partial charge in [0.2, 0.25) is 0 Å². The van der Waals surface area contributed by atoms with Crippen LogP contribution < -0.4 is 5.73 Å². The van der Waals surface area contributed by atoms with Crippen molar-refractivity contribution in [2.45, 2.75) is 44.2 Å². The first-order valence-corrected chi connectivity index (χ1v) is 6.37. The molecule has 1 aliphatic carbocycles. The first kappa shape index (κ1) is 11.4. The van der Waals surface area contributed by atoms with E-state index < -0.39 is 0 Å². The van der Waals surface area contributed by atoms with Gasteiger partial charge in [-0.1, -0.05) is 6.92 Å². The lowest BCUT2D eigenvalue weighted by Gasteiger charge is -2.38. The van der Waals surface area contributed by atoms with Crippen LogP contribution in [0.5, 0.6) is 0 Å². The molecule has 0 aromatic heterocycles. The number of nitrogens with zero attached hydrogens (tertiary/aromatic N) is 2. The molecule has 2 fully saturated rings. The zero-order valence-electron chi connectivity index (χ0n) is 10.2. The molecule has 0 aromatic rings. The summed E-state index contributed by atoms with van der Waals surface area (Å²) in [6.07, 6.45) is 5.31. The van der Waals surface area contributed by atoms with Gasteiger partial charge in [-0.05, 0) is 39.3 Å². The third kappa shape index (κ3) is 2.19. The van der Waals surface area contributed by atoms with Gasteiger partial charge < -0.3 is 5.73 Å². The Balaban J connectivity index is 1.96. The third-order valence-corrected chi connectivity index (χ3v) is 4.17. The highest BCUT2D eigenvalue weighted by molar-refractivity contribution is 5.02. The predicted octanol–water partition coefficient (Wildman–Crippen LogP) is 0.894. The minimum atomic E-state index is 0.276. The van der Waals surface area contributed by atoms with Crippen LogP contribution in [0, 0.1) is 0 Å². The standard InChI is InChI=1S/C12H25N3/c1-3-7-14(2)12(9-13)6-8-15(10-12)11-4-5-11/h11H,3-10,13H2,1-2H3. The van der Waals surface area contributed by atoms with Crippen molar-refractivity contribution >= 4 is 0 Å². The number of hydrogen-bond donors (Lipinski definition) is 1. The van der Waals surface area contributed by atoms with Crippen molar-refractivity contribution in [3.8, 4) is 0 Å². The van der Waals surface area contributed by atoms with E-state index in [2.05, 4.69) is 23.8 Å². The average Bonchev–Trinajstić information content (AvgIpc) is 2.99. The summed E-state index contributed by atoms with van der Waals surface area (Å²) >= 11 is 0. The van der Waals surface area contributed by atoms with E-state index in [1.807, 2.05) is 0 Å². The van der Waals surface area contributed by atoms with Gasteiger partial charge in [-0.25, -0.2) is 0 Å². The predicted molar refractivity (Wildman–Crippen MR) is 63.9 cm³/mol. The molecule has 0 amide bonds. The van der Waals surface area contributed by atoms with Gasteiger partial charge in [-0.15, -0.1) is 0 Å². The van der Waals surface area contributed by atoms with E-state index in [1.54, 1.807) is 0 Å². The lowest BCUT2D eigenvalue weighted by Crippen LogP contribution is -2.54. The van der Waals surface area contributed by atoms with Gasteiger partial charge in [0.15, 0.2) is 0 Å². The molecule has 1 saturated carbocycles. The minimum Gasteiger partial charge on any atom is -0.329 e. The largest absolute Gasteiger partial charge is 0.329 e. The molecule has 1 aliphatic heterocycles. The van der Waals surface area contributed by atoms with E-state index in [0.29, 0.717) is 0 Å². The van der Waals surface area contributed by atoms with E-state index in [-0.39, 0.29) is 5.54 Å². The summed E-state index contributed by atoms with van der Waals surface area (Å²) in [5.41, 5.74) is 6.29. The molecule has 3 nitrogen and oxygen atoms in total. The second-order valence-corrected chi connectivity index (χ2v) is 5.30. The molecule has 15 heavy (non-hydrogen) atoms. The van der Waals surface area contributed by atoms with Crippen LogP contribution in [-0.4, -0.2) is 54.6 Å². The van der Waals surface area contributed by atoms with Crippen LogP contribution in [0.25, 0.3) is 0 Å². The quantitative estimate of drug-likeness (QED) is 0.733. The number of rotatable bonds is 5. The minimum absolute atomic E-state index is 0.276. The molecule has 2 rings (SSSR count). The zero-order chi connectivity index (χ0) is 10.9. The molecule has 1 atom stereocenters. The molecule has 2 N–H and O–H groups in total. The van der Waals surface area contributed by atoms with Gasteiger partial charge in [-0.2, -0.15) is 0 Å². The normalized spacial score (nSPS) is 32.8. The smallest absolute Gasteiger partial charge is 0.0467 e. The van der Waals surface area contributed by atoms with Crippen molar-refractivity contribution in [3.63, 3.8) is 0 Å². The van der Waals surface area contributed by atoms with Crippen LogP contribution in [0.3, 0.4) is 0 Å². The first-order valence-electron chi connectivity index (χ1n) is 6.37. The summed E-state index contributed by atoms with van der Waals surface area (Å²) in [6, 6.07) is 0.897. The molecule has 0 spiro atoms. The van der Waals surface area contributed by atoms with Gasteiger partial charge in [0.05, 0.1) is 0 Å². The fourth-order valence-electron chi connectivity index (χ4n) is 2.85. The maximum absolute atomic E-state index is 6.01. The van der Waals surface area contributed by atoms with Crippen LogP contribution in [0.2, 0.25) is 0 Å². The zero-order valence-corrected chi connectivity index (χ0v) is 10.2. The van der Waals surface area contributed by atoms with Crippen molar-refractivity contribution in [2.75, 3.05) is 33.2 Å². The second kappa shape index (κ2) is 4.40. The second-order valence-electron chi connectivity index (χ2n) is 5.30. The molecule has 2 aliphatic rings. The monoisotopic (exact) mass is 211 g/mol. The summed E-state index contributed by atoms with van der Waals surface area (Å²) in [5, 5.41) is 0.